The highest BCUT2D eigenvalue weighted by Gasteiger charge is 2.39. The summed E-state index contributed by atoms with van der Waals surface area (Å²) in [7, 11) is -3.98. The summed E-state index contributed by atoms with van der Waals surface area (Å²) in [6.07, 6.45) is 0.379. The van der Waals surface area contributed by atoms with Crippen LogP contribution in [0.4, 0.5) is 0 Å². The Kier molecular flexibility index (Phi) is 13.6. The molecule has 10 nitrogen and oxygen atoms in total. The first kappa shape index (κ1) is 41.8. The number of aliphatic hydroxyl groups is 1. The number of hydrogen-bond acceptors (Lipinski definition) is 8. The molecule has 5 aromatic carbocycles. The zero-order valence-corrected chi connectivity index (χ0v) is 34.4. The van der Waals surface area contributed by atoms with Gasteiger partial charge in [-0.15, -0.1) is 0 Å². The van der Waals surface area contributed by atoms with E-state index in [0.717, 1.165) is 49.2 Å². The fourth-order valence-electron chi connectivity index (χ4n) is 7.05. The molecule has 304 valence electrons. The van der Waals surface area contributed by atoms with Gasteiger partial charge in [0.1, 0.15) is 6.04 Å². The lowest BCUT2D eigenvalue weighted by Gasteiger charge is -2.41. The molecule has 2 heterocycles. The van der Waals surface area contributed by atoms with Crippen LogP contribution in [0.1, 0.15) is 52.7 Å². The van der Waals surface area contributed by atoms with E-state index >= 15 is 0 Å². The van der Waals surface area contributed by atoms with Crippen molar-refractivity contribution < 1.29 is 32.5 Å². The van der Waals surface area contributed by atoms with Crippen molar-refractivity contribution >= 4 is 27.7 Å². The van der Waals surface area contributed by atoms with E-state index in [1.165, 1.54) is 30.1 Å². The van der Waals surface area contributed by atoms with E-state index in [1.807, 2.05) is 116 Å². The van der Waals surface area contributed by atoms with Gasteiger partial charge in [-0.25, -0.2) is 8.42 Å². The predicted octanol–water partition coefficient (Wildman–Crippen LogP) is 7.58. The number of aromatic nitrogens is 1. The average Bonchev–Trinajstić information content (AvgIpc) is 3.26. The number of pyridine rings is 1. The summed E-state index contributed by atoms with van der Waals surface area (Å²) in [5, 5.41) is 25.6. The van der Waals surface area contributed by atoms with Crippen molar-refractivity contribution in [3.05, 3.63) is 190 Å². The van der Waals surface area contributed by atoms with E-state index in [4.69, 9.17) is 9.47 Å². The van der Waals surface area contributed by atoms with Gasteiger partial charge in [-0.1, -0.05) is 127 Å². The molecule has 1 aromatic heterocycles. The zero-order valence-electron chi connectivity index (χ0n) is 32.8. The molecule has 1 aliphatic rings. The van der Waals surface area contributed by atoms with Gasteiger partial charge in [0, 0.05) is 35.9 Å². The maximum Gasteiger partial charge on any atom is 0.251 e. The van der Waals surface area contributed by atoms with Crippen molar-refractivity contribution in [3.63, 3.8) is 0 Å². The van der Waals surface area contributed by atoms with Crippen molar-refractivity contribution in [2.24, 2.45) is 5.92 Å². The topological polar surface area (TPSA) is 141 Å². The fourth-order valence-corrected chi connectivity index (χ4v) is 9.33. The standard InChI is InChI=1S/C47H47N3O7S2/c1-32-17-23-41(24-18-32)59(54,55)49-42(27-34-10-4-3-5-11-34)46(52)48-29-36-12-8-13-38(26-36)39-14-9-15-40(28-39)47-56-43(31-58-44-16-6-7-25-50(44)53)33(2)45(57-47)37-21-19-35(30-51)20-22-37/h3-26,28,33,42-43,45,47,49,51H,27,29-31H2,1-2H3,(H,48,52)/t33-,42+,43+,45+,47+/m0/s1. The molecule has 59 heavy (non-hydrogen) atoms. The van der Waals surface area contributed by atoms with Gasteiger partial charge in [0.2, 0.25) is 15.9 Å². The zero-order chi connectivity index (χ0) is 41.4. The molecule has 12 heteroatoms. The lowest BCUT2D eigenvalue weighted by Crippen LogP contribution is -2.47. The van der Waals surface area contributed by atoms with Gasteiger partial charge in [-0.2, -0.15) is 9.45 Å². The van der Waals surface area contributed by atoms with Crippen LogP contribution in [0.25, 0.3) is 11.1 Å². The highest BCUT2D eigenvalue weighted by atomic mass is 32.2. The molecule has 0 spiro atoms. The fraction of sp³-hybridized carbons (Fsp3) is 0.234. The third kappa shape index (κ3) is 10.6. The first-order valence-corrected chi connectivity index (χ1v) is 21.9. The third-order valence-electron chi connectivity index (χ3n) is 10.4. The Balaban J connectivity index is 1.08. The Bertz CT molecular complexity index is 2450. The van der Waals surface area contributed by atoms with Crippen LogP contribution in [0.15, 0.2) is 162 Å². The lowest BCUT2D eigenvalue weighted by atomic mass is 9.91. The van der Waals surface area contributed by atoms with Crippen LogP contribution in [0.3, 0.4) is 0 Å². The number of sulfonamides is 1. The number of ether oxygens (including phenoxy) is 2. The van der Waals surface area contributed by atoms with E-state index in [0.29, 0.717) is 10.8 Å². The lowest BCUT2D eigenvalue weighted by molar-refractivity contribution is -0.645. The van der Waals surface area contributed by atoms with Crippen LogP contribution in [-0.4, -0.2) is 37.3 Å². The summed E-state index contributed by atoms with van der Waals surface area (Å²) in [6, 6.07) is 43.7. The minimum Gasteiger partial charge on any atom is -0.618 e. The molecule has 1 amide bonds. The molecule has 5 atom stereocenters. The largest absolute Gasteiger partial charge is 0.618 e. The van der Waals surface area contributed by atoms with Gasteiger partial charge in [0.25, 0.3) is 5.03 Å². The second kappa shape index (κ2) is 19.2. The number of nitrogens with zero attached hydrogens (tertiary/aromatic N) is 1. The molecule has 0 saturated carbocycles. The van der Waals surface area contributed by atoms with Crippen LogP contribution in [0, 0.1) is 18.0 Å². The van der Waals surface area contributed by atoms with Gasteiger partial charge in [0.15, 0.2) is 12.5 Å². The van der Waals surface area contributed by atoms with Crippen LogP contribution in [-0.2, 0) is 43.9 Å². The summed E-state index contributed by atoms with van der Waals surface area (Å²) in [6.45, 7) is 4.10. The number of rotatable bonds is 15. The normalized spacial score (nSPS) is 18.6. The van der Waals surface area contributed by atoms with E-state index < -0.39 is 28.3 Å². The minimum absolute atomic E-state index is 0.0517. The molecule has 1 fully saturated rings. The predicted molar refractivity (Wildman–Crippen MR) is 228 cm³/mol. The monoisotopic (exact) mass is 829 g/mol. The molecule has 0 aliphatic carbocycles. The highest BCUT2D eigenvalue weighted by Crippen LogP contribution is 2.43. The molecule has 6 aromatic rings. The number of hydrogen-bond donors (Lipinski definition) is 3. The van der Waals surface area contributed by atoms with Crippen LogP contribution in [0.5, 0.6) is 0 Å². The van der Waals surface area contributed by atoms with Crippen LogP contribution >= 0.6 is 11.8 Å². The number of carbonyl (C=O) groups is 1. The number of aliphatic hydroxyl groups excluding tert-OH is 1. The molecular formula is C47H47N3O7S2. The smallest absolute Gasteiger partial charge is 0.251 e. The van der Waals surface area contributed by atoms with Gasteiger partial charge >= 0.3 is 0 Å². The molecular weight excluding hydrogens is 783 g/mol. The SMILES string of the molecule is Cc1ccc(S(=O)(=O)N[C@H](Cc2ccccc2)C(=O)NCc2cccc(-c3cccc([C@@H]4O[C@H](CSc5cccc[n+]5[O-])[C@H](C)[C@H](c5ccc(CO)cc5)O4)c3)c2)cc1. The van der Waals surface area contributed by atoms with E-state index in [9.17, 15) is 23.5 Å². The van der Waals surface area contributed by atoms with Gasteiger partial charge in [-0.3, -0.25) is 4.79 Å². The molecule has 1 aliphatic heterocycles. The quantitative estimate of drug-likeness (QED) is 0.0547. The maximum absolute atomic E-state index is 13.7. The number of carbonyl (C=O) groups excluding carboxylic acids is 1. The van der Waals surface area contributed by atoms with Crippen LogP contribution < -0.4 is 14.8 Å². The summed E-state index contributed by atoms with van der Waals surface area (Å²) in [5.41, 5.74) is 7.02. The number of amides is 1. The molecule has 0 radical (unpaired) electrons. The van der Waals surface area contributed by atoms with Crippen LogP contribution in [0.2, 0.25) is 0 Å². The van der Waals surface area contributed by atoms with E-state index in [1.54, 1.807) is 24.3 Å². The summed E-state index contributed by atoms with van der Waals surface area (Å²) in [5.74, 6) is 0.0390. The third-order valence-corrected chi connectivity index (χ3v) is 13.0. The van der Waals surface area contributed by atoms with Crippen molar-refractivity contribution in [2.45, 2.75) is 67.9 Å². The molecule has 0 unspecified atom stereocenters. The van der Waals surface area contributed by atoms with E-state index in [2.05, 4.69) is 17.0 Å². The highest BCUT2D eigenvalue weighted by molar-refractivity contribution is 7.99. The second-order valence-electron chi connectivity index (χ2n) is 14.7. The Labute approximate surface area is 349 Å². The first-order valence-electron chi connectivity index (χ1n) is 19.5. The van der Waals surface area contributed by atoms with Gasteiger partial charge < -0.3 is 25.1 Å². The van der Waals surface area contributed by atoms with Crippen molar-refractivity contribution in [2.75, 3.05) is 5.75 Å². The minimum atomic E-state index is -3.98. The molecule has 0 bridgehead atoms. The first-order chi connectivity index (χ1) is 28.6. The van der Waals surface area contributed by atoms with Crippen molar-refractivity contribution in [1.29, 1.82) is 0 Å². The maximum atomic E-state index is 13.7. The number of aryl methyl sites for hydroxylation is 1. The van der Waals surface area contributed by atoms with Crippen molar-refractivity contribution in [3.8, 4) is 11.1 Å². The van der Waals surface area contributed by atoms with E-state index in [-0.39, 0.29) is 42.6 Å². The Morgan fingerprint density at radius 2 is 1.49 bits per heavy atom. The Morgan fingerprint density at radius 1 is 0.797 bits per heavy atom. The van der Waals surface area contributed by atoms with Gasteiger partial charge in [-0.05, 0) is 77.1 Å². The second-order valence-corrected chi connectivity index (χ2v) is 17.5. The summed E-state index contributed by atoms with van der Waals surface area (Å²) < 4.78 is 43.6. The Morgan fingerprint density at radius 3 is 2.22 bits per heavy atom. The number of benzene rings is 5. The summed E-state index contributed by atoms with van der Waals surface area (Å²) >= 11 is 1.44. The number of nitrogens with one attached hydrogen (secondary N) is 2. The number of thioether (sulfide) groups is 1. The Hall–Kier alpha value is -5.34. The average molecular weight is 830 g/mol. The van der Waals surface area contributed by atoms with Crippen molar-refractivity contribution in [1.82, 2.24) is 10.0 Å². The van der Waals surface area contributed by atoms with Gasteiger partial charge in [0.05, 0.1) is 23.7 Å². The molecule has 7 rings (SSSR count). The molecule has 3 N–H and O–H groups in total. The summed E-state index contributed by atoms with van der Waals surface area (Å²) in [4.78, 5) is 13.8. The molecule has 1 saturated heterocycles.